The van der Waals surface area contributed by atoms with Gasteiger partial charge in [-0.05, 0) is 70.2 Å². The van der Waals surface area contributed by atoms with E-state index in [1.165, 1.54) is 23.5 Å². The SMILES string of the molecule is O=C1NC(=Nc2cccc(Cl)c2Cl)S/C1=C\c1cc(Br)c(Sc2ccc(Cl)cc2)o1. The van der Waals surface area contributed by atoms with E-state index in [0.29, 0.717) is 41.7 Å². The summed E-state index contributed by atoms with van der Waals surface area (Å²) in [7, 11) is 0. The van der Waals surface area contributed by atoms with E-state index in [-0.39, 0.29) is 5.91 Å². The topological polar surface area (TPSA) is 54.6 Å². The van der Waals surface area contributed by atoms with Gasteiger partial charge in [-0.2, -0.15) is 0 Å². The predicted molar refractivity (Wildman–Crippen MR) is 129 cm³/mol. The first-order chi connectivity index (χ1) is 14.4. The van der Waals surface area contributed by atoms with E-state index in [4.69, 9.17) is 39.2 Å². The van der Waals surface area contributed by atoms with E-state index in [0.717, 1.165) is 9.37 Å². The Kier molecular flexibility index (Phi) is 6.87. The summed E-state index contributed by atoms with van der Waals surface area (Å²) in [5, 5.41) is 5.21. The molecule has 1 fully saturated rings. The first-order valence-corrected chi connectivity index (χ1v) is 11.9. The molecule has 2 heterocycles. The number of nitrogens with zero attached hydrogens (tertiary/aromatic N) is 1. The molecule has 0 spiro atoms. The second-order valence-electron chi connectivity index (χ2n) is 5.89. The molecular weight excluding hydrogens is 551 g/mol. The molecule has 0 radical (unpaired) electrons. The Bertz CT molecular complexity index is 1190. The Morgan fingerprint density at radius 3 is 2.67 bits per heavy atom. The van der Waals surface area contributed by atoms with Crippen molar-refractivity contribution in [1.82, 2.24) is 5.32 Å². The van der Waals surface area contributed by atoms with E-state index in [2.05, 4.69) is 26.2 Å². The number of rotatable bonds is 4. The molecule has 0 atom stereocenters. The largest absolute Gasteiger partial charge is 0.449 e. The van der Waals surface area contributed by atoms with E-state index >= 15 is 0 Å². The van der Waals surface area contributed by atoms with Gasteiger partial charge < -0.3 is 9.73 Å². The molecule has 0 bridgehead atoms. The third-order valence-electron chi connectivity index (χ3n) is 3.78. The maximum absolute atomic E-state index is 12.3. The highest BCUT2D eigenvalue weighted by Gasteiger charge is 2.25. The van der Waals surface area contributed by atoms with Crippen molar-refractivity contribution in [2.45, 2.75) is 9.99 Å². The van der Waals surface area contributed by atoms with Crippen LogP contribution in [-0.2, 0) is 4.79 Å². The second-order valence-corrected chi connectivity index (χ2v) is 10.0. The molecule has 3 aromatic rings. The number of aliphatic imine (C=N–C) groups is 1. The highest BCUT2D eigenvalue weighted by molar-refractivity contribution is 9.10. The van der Waals surface area contributed by atoms with Gasteiger partial charge in [-0.3, -0.25) is 4.79 Å². The van der Waals surface area contributed by atoms with Crippen LogP contribution in [0.3, 0.4) is 0 Å². The summed E-state index contributed by atoms with van der Waals surface area (Å²) in [6.07, 6.45) is 1.67. The molecule has 2 aromatic carbocycles. The number of nitrogens with one attached hydrogen (secondary N) is 1. The fourth-order valence-corrected chi connectivity index (χ4v) is 5.03. The normalized spacial score (nSPS) is 16.5. The number of amides is 1. The molecule has 1 aromatic heterocycles. The van der Waals surface area contributed by atoms with Crippen molar-refractivity contribution in [1.29, 1.82) is 0 Å². The van der Waals surface area contributed by atoms with Crippen molar-refractivity contribution >= 4 is 97.1 Å². The summed E-state index contributed by atoms with van der Waals surface area (Å²) in [5.74, 6) is 0.273. The minimum absolute atomic E-state index is 0.267. The smallest absolute Gasteiger partial charge is 0.264 e. The number of furan rings is 1. The lowest BCUT2D eigenvalue weighted by molar-refractivity contribution is -0.115. The zero-order chi connectivity index (χ0) is 21.3. The molecule has 4 nitrogen and oxygen atoms in total. The van der Waals surface area contributed by atoms with Gasteiger partial charge in [0.15, 0.2) is 10.3 Å². The third kappa shape index (κ3) is 5.10. The van der Waals surface area contributed by atoms with Gasteiger partial charge >= 0.3 is 0 Å². The average Bonchev–Trinajstić information content (AvgIpc) is 3.23. The van der Waals surface area contributed by atoms with Crippen molar-refractivity contribution in [3.8, 4) is 0 Å². The molecule has 0 unspecified atom stereocenters. The molecular formula is C20H10BrCl3N2O2S2. The first-order valence-electron chi connectivity index (χ1n) is 8.35. The van der Waals surface area contributed by atoms with Gasteiger partial charge in [-0.15, -0.1) is 0 Å². The zero-order valence-electron chi connectivity index (χ0n) is 14.8. The minimum Gasteiger partial charge on any atom is -0.449 e. The number of carbonyl (C=O) groups excluding carboxylic acids is 1. The molecule has 4 rings (SSSR count). The van der Waals surface area contributed by atoms with Crippen molar-refractivity contribution < 1.29 is 9.21 Å². The van der Waals surface area contributed by atoms with Crippen LogP contribution in [0.25, 0.3) is 6.08 Å². The number of halogens is 4. The predicted octanol–water partition coefficient (Wildman–Crippen LogP) is 8.05. The van der Waals surface area contributed by atoms with Crippen molar-refractivity contribution in [3.05, 3.63) is 78.7 Å². The van der Waals surface area contributed by atoms with Crippen LogP contribution in [0.2, 0.25) is 15.1 Å². The molecule has 1 aliphatic heterocycles. The highest BCUT2D eigenvalue weighted by Crippen LogP contribution is 2.38. The van der Waals surface area contributed by atoms with Crippen LogP contribution in [0.15, 0.2) is 77.3 Å². The zero-order valence-corrected chi connectivity index (χ0v) is 20.3. The summed E-state index contributed by atoms with van der Waals surface area (Å²) in [4.78, 5) is 18.2. The Hall–Kier alpha value is -1.35. The van der Waals surface area contributed by atoms with E-state index in [9.17, 15) is 4.79 Å². The number of hydrogen-bond donors (Lipinski definition) is 1. The maximum Gasteiger partial charge on any atom is 0.264 e. The van der Waals surface area contributed by atoms with Gasteiger partial charge in [0.2, 0.25) is 0 Å². The summed E-state index contributed by atoms with van der Waals surface area (Å²) >= 11 is 24.2. The number of hydrogen-bond acceptors (Lipinski definition) is 5. The molecule has 1 N–H and O–H groups in total. The van der Waals surface area contributed by atoms with Gasteiger partial charge in [0.25, 0.3) is 5.91 Å². The molecule has 0 aliphatic carbocycles. The maximum atomic E-state index is 12.3. The summed E-state index contributed by atoms with van der Waals surface area (Å²) in [6.45, 7) is 0. The molecule has 30 heavy (non-hydrogen) atoms. The monoisotopic (exact) mass is 558 g/mol. The minimum atomic E-state index is -0.267. The fraction of sp³-hybridized carbons (Fsp3) is 0. The van der Waals surface area contributed by atoms with E-state index in [1.807, 2.05) is 30.3 Å². The molecule has 10 heteroatoms. The molecule has 1 aliphatic rings. The van der Waals surface area contributed by atoms with Crippen molar-refractivity contribution in [2.24, 2.45) is 4.99 Å². The third-order valence-corrected chi connectivity index (χ3v) is 7.59. The van der Waals surface area contributed by atoms with Crippen LogP contribution in [0, 0.1) is 0 Å². The lowest BCUT2D eigenvalue weighted by Gasteiger charge is -2.00. The molecule has 1 amide bonds. The summed E-state index contributed by atoms with van der Waals surface area (Å²) in [6, 6.07) is 14.4. The lowest BCUT2D eigenvalue weighted by atomic mass is 10.3. The standard InChI is InChI=1S/C20H10BrCl3N2O2S2/c21-13-8-11(28-19(13)29-12-6-4-10(22)5-7-12)9-16-18(27)26-20(30-16)25-15-3-1-2-14(23)17(15)24/h1-9H,(H,25,26,27)/b16-9-. The van der Waals surface area contributed by atoms with Gasteiger partial charge in [0.05, 0.1) is 25.1 Å². The van der Waals surface area contributed by atoms with Gasteiger partial charge in [0, 0.05) is 16.0 Å². The highest BCUT2D eigenvalue weighted by atomic mass is 79.9. The quantitative estimate of drug-likeness (QED) is 0.328. The number of amidine groups is 1. The van der Waals surface area contributed by atoms with Crippen LogP contribution in [0.4, 0.5) is 5.69 Å². The molecule has 1 saturated heterocycles. The summed E-state index contributed by atoms with van der Waals surface area (Å²) in [5.41, 5.74) is 0.482. The lowest BCUT2D eigenvalue weighted by Crippen LogP contribution is -2.19. The first kappa shape index (κ1) is 21.9. The Balaban J connectivity index is 1.54. The molecule has 152 valence electrons. The Morgan fingerprint density at radius 1 is 1.13 bits per heavy atom. The fourth-order valence-electron chi connectivity index (χ4n) is 2.42. The summed E-state index contributed by atoms with van der Waals surface area (Å²) < 4.78 is 6.67. The van der Waals surface area contributed by atoms with Crippen LogP contribution in [0.5, 0.6) is 0 Å². The van der Waals surface area contributed by atoms with E-state index in [1.54, 1.807) is 24.3 Å². The second kappa shape index (κ2) is 9.42. The van der Waals surface area contributed by atoms with Gasteiger partial charge in [0.1, 0.15) is 5.76 Å². The number of benzene rings is 2. The van der Waals surface area contributed by atoms with Crippen molar-refractivity contribution in [3.63, 3.8) is 0 Å². The molecule has 0 saturated carbocycles. The van der Waals surface area contributed by atoms with Crippen LogP contribution in [0.1, 0.15) is 5.76 Å². The number of thioether (sulfide) groups is 1. The Labute approximate surface area is 204 Å². The van der Waals surface area contributed by atoms with Gasteiger partial charge in [-0.25, -0.2) is 4.99 Å². The number of carbonyl (C=O) groups is 1. The van der Waals surface area contributed by atoms with Crippen LogP contribution in [-0.4, -0.2) is 11.1 Å². The van der Waals surface area contributed by atoms with Crippen LogP contribution < -0.4 is 5.32 Å². The average molecular weight is 561 g/mol. The van der Waals surface area contributed by atoms with Crippen LogP contribution >= 0.6 is 74.3 Å². The van der Waals surface area contributed by atoms with E-state index < -0.39 is 0 Å². The Morgan fingerprint density at radius 2 is 1.90 bits per heavy atom. The van der Waals surface area contributed by atoms with Gasteiger partial charge in [-0.1, -0.05) is 52.6 Å². The van der Waals surface area contributed by atoms with Crippen molar-refractivity contribution in [2.75, 3.05) is 0 Å².